The number of carbonyl (C=O) groups excluding carboxylic acids is 1. The monoisotopic (exact) mass is 368 g/mol. The Bertz CT molecular complexity index is 812. The van der Waals surface area contributed by atoms with Crippen LogP contribution in [0.1, 0.15) is 42.2 Å². The van der Waals surface area contributed by atoms with Crippen molar-refractivity contribution in [2.24, 2.45) is 0 Å². The molecular formula is C18H19ClF2N2O2. The molecule has 0 spiro atoms. The Kier molecular flexibility index (Phi) is 5.23. The average Bonchev–Trinajstić information content (AvgIpc) is 2.50. The van der Waals surface area contributed by atoms with Gasteiger partial charge in [0.2, 0.25) is 0 Å². The van der Waals surface area contributed by atoms with E-state index < -0.39 is 23.1 Å². The number of nitrogen functional groups attached to an aromatic ring is 1. The lowest BCUT2D eigenvalue weighted by atomic mass is 9.89. The van der Waals surface area contributed by atoms with Crippen LogP contribution in [0.4, 0.5) is 14.5 Å². The topological polar surface area (TPSA) is 64.4 Å². The summed E-state index contributed by atoms with van der Waals surface area (Å²) >= 11 is 0. The zero-order chi connectivity index (χ0) is 17.5. The van der Waals surface area contributed by atoms with Gasteiger partial charge < -0.3 is 15.8 Å². The molecule has 2 aromatic rings. The van der Waals surface area contributed by atoms with E-state index in [9.17, 15) is 13.6 Å². The molecule has 1 atom stereocenters. The van der Waals surface area contributed by atoms with E-state index in [1.807, 2.05) is 13.8 Å². The van der Waals surface area contributed by atoms with Gasteiger partial charge in [0.1, 0.15) is 11.4 Å². The normalized spacial score (nSPS) is 17.7. The molecule has 3 N–H and O–H groups in total. The Balaban J connectivity index is 0.00000225. The quantitative estimate of drug-likeness (QED) is 0.787. The number of anilines is 1. The molecular weight excluding hydrogens is 350 g/mol. The van der Waals surface area contributed by atoms with Gasteiger partial charge in [-0.2, -0.15) is 0 Å². The number of benzene rings is 2. The molecule has 134 valence electrons. The highest BCUT2D eigenvalue weighted by Gasteiger charge is 2.34. The van der Waals surface area contributed by atoms with Crippen molar-refractivity contribution in [2.75, 3.05) is 5.73 Å². The Morgan fingerprint density at radius 1 is 1.20 bits per heavy atom. The number of ether oxygens (including phenoxy) is 1. The van der Waals surface area contributed by atoms with Gasteiger partial charge in [-0.25, -0.2) is 8.78 Å². The van der Waals surface area contributed by atoms with Crippen LogP contribution in [0.3, 0.4) is 0 Å². The first-order valence-corrected chi connectivity index (χ1v) is 7.59. The van der Waals surface area contributed by atoms with E-state index in [0.29, 0.717) is 17.9 Å². The summed E-state index contributed by atoms with van der Waals surface area (Å²) in [6.45, 7) is 3.84. The van der Waals surface area contributed by atoms with Gasteiger partial charge in [-0.1, -0.05) is 0 Å². The van der Waals surface area contributed by atoms with E-state index in [1.54, 1.807) is 18.2 Å². The minimum atomic E-state index is -1.06. The maximum atomic E-state index is 13.3. The van der Waals surface area contributed by atoms with Gasteiger partial charge in [-0.3, -0.25) is 4.79 Å². The lowest BCUT2D eigenvalue weighted by Gasteiger charge is -2.38. The Morgan fingerprint density at radius 3 is 2.60 bits per heavy atom. The fourth-order valence-corrected chi connectivity index (χ4v) is 2.88. The maximum absolute atomic E-state index is 13.3. The number of hydrogen-bond donors (Lipinski definition) is 2. The number of fused-ring (bicyclic) bond motifs is 1. The number of rotatable bonds is 2. The van der Waals surface area contributed by atoms with Crippen molar-refractivity contribution in [3.63, 3.8) is 0 Å². The summed E-state index contributed by atoms with van der Waals surface area (Å²) in [7, 11) is 0. The molecule has 0 bridgehead atoms. The molecule has 1 aliphatic rings. The molecule has 3 rings (SSSR count). The van der Waals surface area contributed by atoms with Crippen LogP contribution in [0.2, 0.25) is 0 Å². The number of amides is 1. The van der Waals surface area contributed by atoms with Crippen LogP contribution >= 0.6 is 12.4 Å². The van der Waals surface area contributed by atoms with Gasteiger partial charge >= 0.3 is 0 Å². The van der Waals surface area contributed by atoms with E-state index >= 15 is 0 Å². The fourth-order valence-electron chi connectivity index (χ4n) is 2.88. The van der Waals surface area contributed by atoms with Crippen LogP contribution in [-0.4, -0.2) is 11.5 Å². The summed E-state index contributed by atoms with van der Waals surface area (Å²) < 4.78 is 32.3. The van der Waals surface area contributed by atoms with Crippen molar-refractivity contribution < 1.29 is 18.3 Å². The number of nitrogens with two attached hydrogens (primary N) is 1. The second-order valence-corrected chi connectivity index (χ2v) is 6.52. The Labute approximate surface area is 150 Å². The predicted molar refractivity (Wildman–Crippen MR) is 94.0 cm³/mol. The highest BCUT2D eigenvalue weighted by molar-refractivity contribution is 5.94. The largest absolute Gasteiger partial charge is 0.487 e. The van der Waals surface area contributed by atoms with Crippen LogP contribution in [-0.2, 0) is 0 Å². The SMILES string of the molecule is CC1(C)CC(NC(=O)c2ccc(F)c(F)c2)c2cc(N)ccc2O1.Cl. The third-order valence-electron chi connectivity index (χ3n) is 3.98. The molecule has 0 fully saturated rings. The molecule has 1 amide bonds. The summed E-state index contributed by atoms with van der Waals surface area (Å²) in [5.74, 6) is -1.88. The van der Waals surface area contributed by atoms with Gasteiger partial charge in [-0.05, 0) is 50.2 Å². The highest BCUT2D eigenvalue weighted by Crippen LogP contribution is 2.40. The van der Waals surface area contributed by atoms with Gasteiger partial charge in [-0.15, -0.1) is 12.4 Å². The predicted octanol–water partition coefficient (Wildman–Crippen LogP) is 4.00. The van der Waals surface area contributed by atoms with Gasteiger partial charge in [0, 0.05) is 23.2 Å². The summed E-state index contributed by atoms with van der Waals surface area (Å²) in [4.78, 5) is 12.4. The van der Waals surface area contributed by atoms with Gasteiger partial charge in [0.05, 0.1) is 6.04 Å². The molecule has 0 saturated carbocycles. The van der Waals surface area contributed by atoms with Crippen molar-refractivity contribution in [1.29, 1.82) is 0 Å². The third-order valence-corrected chi connectivity index (χ3v) is 3.98. The molecule has 1 unspecified atom stereocenters. The Hall–Kier alpha value is -2.34. The van der Waals surface area contributed by atoms with Crippen molar-refractivity contribution in [3.8, 4) is 5.75 Å². The standard InChI is InChI=1S/C18H18F2N2O2.ClH/c1-18(2)9-15(12-8-11(21)4-6-16(12)24-18)22-17(23)10-3-5-13(19)14(20)7-10;/h3-8,15H,9,21H2,1-2H3,(H,22,23);1H. The highest BCUT2D eigenvalue weighted by atomic mass is 35.5. The van der Waals surface area contributed by atoms with E-state index in [0.717, 1.165) is 17.7 Å². The van der Waals surface area contributed by atoms with Crippen LogP contribution in [0.25, 0.3) is 0 Å². The number of halogens is 3. The molecule has 7 heteroatoms. The van der Waals surface area contributed by atoms with Crippen molar-refractivity contribution in [1.82, 2.24) is 5.32 Å². The third kappa shape index (κ3) is 4.02. The molecule has 4 nitrogen and oxygen atoms in total. The number of nitrogens with one attached hydrogen (secondary N) is 1. The van der Waals surface area contributed by atoms with Crippen molar-refractivity contribution in [2.45, 2.75) is 31.9 Å². The van der Waals surface area contributed by atoms with Gasteiger partial charge in [0.15, 0.2) is 11.6 Å². The maximum Gasteiger partial charge on any atom is 0.251 e. The van der Waals surface area contributed by atoms with E-state index in [-0.39, 0.29) is 24.0 Å². The van der Waals surface area contributed by atoms with E-state index in [4.69, 9.17) is 10.5 Å². The smallest absolute Gasteiger partial charge is 0.251 e. The fraction of sp³-hybridized carbons (Fsp3) is 0.278. The summed E-state index contributed by atoms with van der Waals surface area (Å²) in [6, 6.07) is 7.98. The molecule has 1 heterocycles. The first-order valence-electron chi connectivity index (χ1n) is 7.59. The minimum absolute atomic E-state index is 0. The zero-order valence-electron chi connectivity index (χ0n) is 13.8. The molecule has 2 aromatic carbocycles. The molecule has 0 aromatic heterocycles. The van der Waals surface area contributed by atoms with Crippen molar-refractivity contribution in [3.05, 3.63) is 59.2 Å². The minimum Gasteiger partial charge on any atom is -0.487 e. The lowest BCUT2D eigenvalue weighted by Crippen LogP contribution is -2.41. The lowest BCUT2D eigenvalue weighted by molar-refractivity contribution is 0.0620. The second kappa shape index (κ2) is 6.88. The second-order valence-electron chi connectivity index (χ2n) is 6.52. The number of carbonyl (C=O) groups is 1. The summed E-state index contributed by atoms with van der Waals surface area (Å²) in [5, 5.41) is 2.86. The Morgan fingerprint density at radius 2 is 1.92 bits per heavy atom. The van der Waals surface area contributed by atoms with Crippen molar-refractivity contribution >= 4 is 24.0 Å². The molecule has 0 aliphatic carbocycles. The van der Waals surface area contributed by atoms with E-state index in [2.05, 4.69) is 5.32 Å². The van der Waals surface area contributed by atoms with Crippen LogP contribution in [0.15, 0.2) is 36.4 Å². The van der Waals surface area contributed by atoms with E-state index in [1.165, 1.54) is 6.07 Å². The van der Waals surface area contributed by atoms with Crippen LogP contribution in [0, 0.1) is 11.6 Å². The zero-order valence-corrected chi connectivity index (χ0v) is 14.6. The molecule has 0 saturated heterocycles. The summed E-state index contributed by atoms with van der Waals surface area (Å²) in [5.41, 5.74) is 6.74. The molecule has 1 aliphatic heterocycles. The van der Waals surface area contributed by atoms with Gasteiger partial charge in [0.25, 0.3) is 5.91 Å². The molecule has 0 radical (unpaired) electrons. The number of hydrogen-bond acceptors (Lipinski definition) is 3. The summed E-state index contributed by atoms with van der Waals surface area (Å²) in [6.07, 6.45) is 0.527. The first kappa shape index (κ1) is 19.0. The van der Waals surface area contributed by atoms with Crippen LogP contribution < -0.4 is 15.8 Å². The first-order chi connectivity index (χ1) is 11.2. The average molecular weight is 369 g/mol. The molecule has 25 heavy (non-hydrogen) atoms. The van der Waals surface area contributed by atoms with Crippen LogP contribution in [0.5, 0.6) is 5.75 Å².